The van der Waals surface area contributed by atoms with Crippen LogP contribution in [0.4, 0.5) is 22.0 Å². The summed E-state index contributed by atoms with van der Waals surface area (Å²) in [5.41, 5.74) is -2.60. The fourth-order valence-electron chi connectivity index (χ4n) is 2.23. The average molecular weight is 296 g/mol. The van der Waals surface area contributed by atoms with Crippen LogP contribution in [0, 0.1) is 17.0 Å². The number of hydrogen-bond donors (Lipinski definition) is 1. The molecule has 1 aromatic carbocycles. The normalized spacial score (nSPS) is 25.8. The predicted octanol–water partition coefficient (Wildman–Crippen LogP) is 2.92. The molecule has 1 aliphatic rings. The summed E-state index contributed by atoms with van der Waals surface area (Å²) in [5, 5.41) is 9.03. The van der Waals surface area contributed by atoms with E-state index in [1.807, 2.05) is 0 Å². The first-order valence-electron chi connectivity index (χ1n) is 5.50. The Bertz CT molecular complexity index is 569. The van der Waals surface area contributed by atoms with E-state index in [0.717, 1.165) is 13.0 Å². The van der Waals surface area contributed by atoms with E-state index in [4.69, 9.17) is 5.11 Å². The zero-order valence-corrected chi connectivity index (χ0v) is 10.1. The molecule has 2 unspecified atom stereocenters. The van der Waals surface area contributed by atoms with Crippen LogP contribution in [0.2, 0.25) is 0 Å². The summed E-state index contributed by atoms with van der Waals surface area (Å²) in [7, 11) is 0. The number of alkyl halides is 3. The molecule has 2 rings (SSSR count). The maximum Gasteiger partial charge on any atom is 0.426 e. The number of carboxylic acid groups (broad SMARTS) is 1. The second-order valence-corrected chi connectivity index (χ2v) is 4.81. The van der Waals surface area contributed by atoms with E-state index in [9.17, 15) is 26.7 Å². The van der Waals surface area contributed by atoms with Crippen molar-refractivity contribution in [3.05, 3.63) is 29.3 Å². The van der Waals surface area contributed by atoms with Gasteiger partial charge in [-0.25, -0.2) is 8.78 Å². The van der Waals surface area contributed by atoms with E-state index in [0.29, 0.717) is 6.07 Å². The van der Waals surface area contributed by atoms with Crippen molar-refractivity contribution in [3.63, 3.8) is 0 Å². The van der Waals surface area contributed by atoms with Gasteiger partial charge < -0.3 is 9.84 Å². The highest BCUT2D eigenvalue weighted by atomic mass is 19.4. The number of benzene rings is 1. The first kappa shape index (κ1) is 14.5. The Morgan fingerprint density at radius 1 is 1.40 bits per heavy atom. The highest BCUT2D eigenvalue weighted by molar-refractivity contribution is 5.76. The third-order valence-electron chi connectivity index (χ3n) is 3.24. The number of hydrogen-bond acceptors (Lipinski definition) is 2. The summed E-state index contributed by atoms with van der Waals surface area (Å²) < 4.78 is 69.8. The molecule has 0 bridgehead atoms. The van der Waals surface area contributed by atoms with Crippen LogP contribution in [0.15, 0.2) is 12.1 Å². The van der Waals surface area contributed by atoms with Crippen LogP contribution in [0.1, 0.15) is 12.5 Å². The number of carboxylic acids is 1. The van der Waals surface area contributed by atoms with Gasteiger partial charge in [0.05, 0.1) is 0 Å². The van der Waals surface area contributed by atoms with Crippen LogP contribution >= 0.6 is 0 Å². The zero-order valence-electron chi connectivity index (χ0n) is 10.1. The van der Waals surface area contributed by atoms with Crippen molar-refractivity contribution < 1.29 is 36.6 Å². The molecule has 0 aliphatic carbocycles. The molecule has 0 saturated heterocycles. The maximum atomic E-state index is 13.5. The Balaban J connectivity index is 2.59. The Morgan fingerprint density at radius 3 is 2.50 bits per heavy atom. The Kier molecular flexibility index (Phi) is 3.14. The SMILES string of the molecule is CC1(C(=O)O)Cc2cc(F)cc(F)c2OC1C(F)(F)F. The van der Waals surface area contributed by atoms with Gasteiger partial charge in [0.25, 0.3) is 0 Å². The molecule has 1 aromatic rings. The molecule has 8 heteroatoms. The lowest BCUT2D eigenvalue weighted by molar-refractivity contribution is -0.235. The van der Waals surface area contributed by atoms with Gasteiger partial charge in [-0.3, -0.25) is 4.79 Å². The van der Waals surface area contributed by atoms with Crippen LogP contribution in [-0.4, -0.2) is 23.4 Å². The molecule has 0 spiro atoms. The summed E-state index contributed by atoms with van der Waals surface area (Å²) >= 11 is 0. The number of carbonyl (C=O) groups is 1. The first-order valence-corrected chi connectivity index (χ1v) is 5.50. The number of halogens is 5. The zero-order chi connectivity index (χ0) is 15.3. The third-order valence-corrected chi connectivity index (χ3v) is 3.24. The minimum Gasteiger partial charge on any atom is -0.481 e. The van der Waals surface area contributed by atoms with E-state index in [1.165, 1.54) is 0 Å². The summed E-state index contributed by atoms with van der Waals surface area (Å²) in [6.07, 6.45) is -8.39. The van der Waals surface area contributed by atoms with Gasteiger partial charge in [0, 0.05) is 11.6 Å². The molecule has 1 N–H and O–H groups in total. The van der Waals surface area contributed by atoms with Crippen LogP contribution in [0.5, 0.6) is 5.75 Å². The maximum absolute atomic E-state index is 13.5. The Morgan fingerprint density at radius 2 is 2.00 bits per heavy atom. The molecule has 0 saturated carbocycles. The highest BCUT2D eigenvalue weighted by Crippen LogP contribution is 2.46. The number of fused-ring (bicyclic) bond motifs is 1. The molecule has 0 radical (unpaired) electrons. The van der Waals surface area contributed by atoms with Gasteiger partial charge in [0.2, 0.25) is 6.10 Å². The lowest BCUT2D eigenvalue weighted by Crippen LogP contribution is -2.55. The fraction of sp³-hybridized carbons (Fsp3) is 0.417. The molecule has 0 amide bonds. The van der Waals surface area contributed by atoms with Gasteiger partial charge in [-0.1, -0.05) is 0 Å². The Labute approximate surface area is 110 Å². The van der Waals surface area contributed by atoms with Crippen molar-refractivity contribution in [2.75, 3.05) is 0 Å². The number of rotatable bonds is 1. The monoisotopic (exact) mass is 296 g/mol. The lowest BCUT2D eigenvalue weighted by Gasteiger charge is -2.39. The van der Waals surface area contributed by atoms with Crippen molar-refractivity contribution in [1.82, 2.24) is 0 Å². The summed E-state index contributed by atoms with van der Waals surface area (Å²) in [5.74, 6) is -4.81. The summed E-state index contributed by atoms with van der Waals surface area (Å²) in [6.45, 7) is 0.833. The van der Waals surface area contributed by atoms with E-state index < -0.39 is 47.5 Å². The van der Waals surface area contributed by atoms with Gasteiger partial charge in [-0.05, 0) is 19.4 Å². The predicted molar refractivity (Wildman–Crippen MR) is 56.3 cm³/mol. The Hall–Kier alpha value is -1.86. The molecular weight excluding hydrogens is 287 g/mol. The van der Waals surface area contributed by atoms with E-state index in [-0.39, 0.29) is 5.56 Å². The molecule has 1 aliphatic heterocycles. The number of aliphatic carboxylic acids is 1. The summed E-state index contributed by atoms with van der Waals surface area (Å²) in [4.78, 5) is 11.1. The largest absolute Gasteiger partial charge is 0.481 e. The third kappa shape index (κ3) is 2.19. The molecule has 0 fully saturated rings. The molecule has 0 aromatic heterocycles. The second-order valence-electron chi connectivity index (χ2n) is 4.81. The molecule has 110 valence electrons. The van der Waals surface area contributed by atoms with Crippen molar-refractivity contribution in [3.8, 4) is 5.75 Å². The van der Waals surface area contributed by atoms with Crippen LogP contribution in [-0.2, 0) is 11.2 Å². The molecule has 3 nitrogen and oxygen atoms in total. The average Bonchev–Trinajstić information content (AvgIpc) is 2.25. The van der Waals surface area contributed by atoms with E-state index in [2.05, 4.69) is 4.74 Å². The van der Waals surface area contributed by atoms with Gasteiger partial charge in [-0.15, -0.1) is 0 Å². The highest BCUT2D eigenvalue weighted by Gasteiger charge is 2.60. The quantitative estimate of drug-likeness (QED) is 0.811. The van der Waals surface area contributed by atoms with Crippen LogP contribution in [0.25, 0.3) is 0 Å². The lowest BCUT2D eigenvalue weighted by atomic mass is 9.76. The topological polar surface area (TPSA) is 46.5 Å². The van der Waals surface area contributed by atoms with Crippen LogP contribution in [0.3, 0.4) is 0 Å². The second kappa shape index (κ2) is 4.32. The van der Waals surface area contributed by atoms with E-state index >= 15 is 0 Å². The molecule has 20 heavy (non-hydrogen) atoms. The fourth-order valence-corrected chi connectivity index (χ4v) is 2.23. The van der Waals surface area contributed by atoms with Crippen molar-refractivity contribution in [2.24, 2.45) is 5.41 Å². The smallest absolute Gasteiger partial charge is 0.426 e. The van der Waals surface area contributed by atoms with Crippen LogP contribution < -0.4 is 4.74 Å². The number of ether oxygens (including phenoxy) is 1. The van der Waals surface area contributed by atoms with Crippen molar-refractivity contribution in [1.29, 1.82) is 0 Å². The summed E-state index contributed by atoms with van der Waals surface area (Å²) in [6, 6.07) is 1.15. The minimum absolute atomic E-state index is 0.243. The van der Waals surface area contributed by atoms with Gasteiger partial charge >= 0.3 is 12.1 Å². The first-order chi connectivity index (χ1) is 9.05. The van der Waals surface area contributed by atoms with Gasteiger partial charge in [-0.2, -0.15) is 13.2 Å². The van der Waals surface area contributed by atoms with Crippen molar-refractivity contribution in [2.45, 2.75) is 25.6 Å². The molecule has 1 heterocycles. The molecule has 2 atom stereocenters. The standard InChI is InChI=1S/C12H9F5O3/c1-11(10(18)19)4-5-2-6(13)3-7(14)8(5)20-9(11)12(15,16)17/h2-3,9H,4H2,1H3,(H,18,19). The minimum atomic E-state index is -4.99. The van der Waals surface area contributed by atoms with Gasteiger partial charge in [0.1, 0.15) is 11.2 Å². The molecular formula is C12H9F5O3. The van der Waals surface area contributed by atoms with Gasteiger partial charge in [0.15, 0.2) is 11.6 Å². The van der Waals surface area contributed by atoms with Crippen molar-refractivity contribution >= 4 is 5.97 Å². The van der Waals surface area contributed by atoms with E-state index in [1.54, 1.807) is 0 Å².